The second-order valence-corrected chi connectivity index (χ2v) is 4.66. The molecule has 1 amide bonds. The number of aromatic nitrogens is 3. The molecule has 0 bridgehead atoms. The highest BCUT2D eigenvalue weighted by Crippen LogP contribution is 2.11. The Hall–Kier alpha value is -2.41. The minimum Gasteiger partial charge on any atom is -0.484 e. The molecule has 1 aromatic heterocycles. The van der Waals surface area contributed by atoms with E-state index in [0.29, 0.717) is 5.75 Å². The number of benzene rings is 1. The van der Waals surface area contributed by atoms with Crippen LogP contribution in [-0.4, -0.2) is 33.8 Å². The number of aryl methyl sites for hydroxylation is 1. The Morgan fingerprint density at radius 3 is 2.76 bits per heavy atom. The molecular weight excluding hydrogens is 270 g/mol. The Labute approximate surface area is 123 Å². The van der Waals surface area contributed by atoms with Crippen LogP contribution >= 0.6 is 0 Å². The van der Waals surface area contributed by atoms with E-state index in [2.05, 4.69) is 15.4 Å². The second kappa shape index (κ2) is 7.39. The number of carbonyl (C=O) groups excluding carboxylic acids is 1. The van der Waals surface area contributed by atoms with Gasteiger partial charge in [0.1, 0.15) is 12.1 Å². The zero-order chi connectivity index (χ0) is 15.1. The van der Waals surface area contributed by atoms with Crippen LogP contribution in [0.1, 0.15) is 11.4 Å². The van der Waals surface area contributed by atoms with Gasteiger partial charge in [0.15, 0.2) is 12.4 Å². The third-order valence-corrected chi connectivity index (χ3v) is 2.81. The molecule has 0 aliphatic rings. The Morgan fingerprint density at radius 2 is 2.14 bits per heavy atom. The van der Waals surface area contributed by atoms with Crippen LogP contribution in [0.5, 0.6) is 5.75 Å². The van der Waals surface area contributed by atoms with Gasteiger partial charge in [-0.2, -0.15) is 5.10 Å². The molecule has 0 aliphatic heterocycles. The number of nitrogens with two attached hydrogens (primary N) is 1. The minimum absolute atomic E-state index is 0.103. The molecule has 0 spiro atoms. The van der Waals surface area contributed by atoms with Crippen molar-refractivity contribution in [2.45, 2.75) is 13.0 Å². The van der Waals surface area contributed by atoms with E-state index in [-0.39, 0.29) is 6.61 Å². The van der Waals surface area contributed by atoms with Crippen LogP contribution in [0.3, 0.4) is 0 Å². The van der Waals surface area contributed by atoms with E-state index >= 15 is 0 Å². The average molecular weight is 289 g/mol. The largest absolute Gasteiger partial charge is 0.484 e. The molecule has 0 unspecified atom stereocenters. The Morgan fingerprint density at radius 1 is 1.38 bits per heavy atom. The predicted octanol–water partition coefficient (Wildman–Crippen LogP) is 0.0115. The molecule has 7 nitrogen and oxygen atoms in total. The van der Waals surface area contributed by atoms with Gasteiger partial charge in [-0.15, -0.1) is 0 Å². The number of carbonyl (C=O) groups is 1. The standard InChI is InChI=1S/C14H19N5O2/c1-19-10-17-14(18-19)6-7-16-8-11-2-4-12(5-3-11)21-9-13(15)20/h2-5,10,16H,6-9H2,1H3,(H2,15,20). The van der Waals surface area contributed by atoms with E-state index in [0.717, 1.165) is 30.9 Å². The molecule has 3 N–H and O–H groups in total. The highest BCUT2D eigenvalue weighted by atomic mass is 16.5. The van der Waals surface area contributed by atoms with E-state index in [4.69, 9.17) is 10.5 Å². The van der Waals surface area contributed by atoms with Gasteiger partial charge >= 0.3 is 0 Å². The molecular formula is C14H19N5O2. The number of hydrogen-bond donors (Lipinski definition) is 2. The van der Waals surface area contributed by atoms with Gasteiger partial charge in [0, 0.05) is 26.6 Å². The van der Waals surface area contributed by atoms with Gasteiger partial charge in [-0.3, -0.25) is 9.48 Å². The van der Waals surface area contributed by atoms with E-state index in [9.17, 15) is 4.79 Å². The van der Waals surface area contributed by atoms with Gasteiger partial charge in [0.2, 0.25) is 0 Å². The van der Waals surface area contributed by atoms with Crippen LogP contribution < -0.4 is 15.8 Å². The molecule has 0 atom stereocenters. The van der Waals surface area contributed by atoms with Gasteiger partial charge in [0.25, 0.3) is 5.91 Å². The monoisotopic (exact) mass is 289 g/mol. The molecule has 0 saturated heterocycles. The number of rotatable bonds is 8. The summed E-state index contributed by atoms with van der Waals surface area (Å²) in [6, 6.07) is 7.53. The van der Waals surface area contributed by atoms with Crippen LogP contribution in [0, 0.1) is 0 Å². The number of amides is 1. The minimum atomic E-state index is -0.483. The summed E-state index contributed by atoms with van der Waals surface area (Å²) in [5.41, 5.74) is 6.15. The van der Waals surface area contributed by atoms with Crippen molar-refractivity contribution in [1.82, 2.24) is 20.1 Å². The lowest BCUT2D eigenvalue weighted by atomic mass is 10.2. The highest BCUT2D eigenvalue weighted by Gasteiger charge is 2.00. The summed E-state index contributed by atoms with van der Waals surface area (Å²) < 4.78 is 6.89. The molecule has 1 heterocycles. The summed E-state index contributed by atoms with van der Waals surface area (Å²) in [5, 5.41) is 7.54. The summed E-state index contributed by atoms with van der Waals surface area (Å²) in [6.07, 6.45) is 2.49. The zero-order valence-corrected chi connectivity index (χ0v) is 12.0. The maximum absolute atomic E-state index is 10.6. The van der Waals surface area contributed by atoms with Gasteiger partial charge in [0.05, 0.1) is 0 Å². The summed E-state index contributed by atoms with van der Waals surface area (Å²) in [4.78, 5) is 14.8. The van der Waals surface area contributed by atoms with E-state index in [1.165, 1.54) is 0 Å². The van der Waals surface area contributed by atoms with Gasteiger partial charge in [-0.1, -0.05) is 12.1 Å². The van der Waals surface area contributed by atoms with Gasteiger partial charge in [-0.05, 0) is 17.7 Å². The lowest BCUT2D eigenvalue weighted by Gasteiger charge is -2.06. The molecule has 0 radical (unpaired) electrons. The smallest absolute Gasteiger partial charge is 0.255 e. The van der Waals surface area contributed by atoms with Gasteiger partial charge in [-0.25, -0.2) is 4.98 Å². The zero-order valence-electron chi connectivity index (χ0n) is 12.0. The molecule has 21 heavy (non-hydrogen) atoms. The fraction of sp³-hybridized carbons (Fsp3) is 0.357. The molecule has 0 aliphatic carbocycles. The van der Waals surface area contributed by atoms with Crippen molar-refractivity contribution in [1.29, 1.82) is 0 Å². The van der Waals surface area contributed by atoms with Crippen molar-refractivity contribution < 1.29 is 9.53 Å². The van der Waals surface area contributed by atoms with Crippen LogP contribution in [-0.2, 0) is 24.8 Å². The maximum Gasteiger partial charge on any atom is 0.255 e. The number of primary amides is 1. The summed E-state index contributed by atoms with van der Waals surface area (Å²) in [5.74, 6) is 0.985. The predicted molar refractivity (Wildman–Crippen MR) is 77.5 cm³/mol. The normalized spacial score (nSPS) is 10.5. The lowest BCUT2D eigenvalue weighted by Crippen LogP contribution is -2.20. The van der Waals surface area contributed by atoms with Crippen molar-refractivity contribution in [3.05, 3.63) is 42.0 Å². The van der Waals surface area contributed by atoms with Crippen molar-refractivity contribution in [2.24, 2.45) is 12.8 Å². The molecule has 1 aromatic carbocycles. The number of hydrogen-bond acceptors (Lipinski definition) is 5. The molecule has 112 valence electrons. The number of nitrogens with zero attached hydrogens (tertiary/aromatic N) is 3. The first-order chi connectivity index (χ1) is 10.1. The van der Waals surface area contributed by atoms with Gasteiger partial charge < -0.3 is 15.8 Å². The molecule has 2 rings (SSSR count). The lowest BCUT2D eigenvalue weighted by molar-refractivity contribution is -0.119. The Bertz CT molecular complexity index is 579. The summed E-state index contributed by atoms with van der Waals surface area (Å²) in [6.45, 7) is 1.46. The molecule has 2 aromatic rings. The topological polar surface area (TPSA) is 95.1 Å². The van der Waals surface area contributed by atoms with E-state index in [1.807, 2.05) is 31.3 Å². The van der Waals surface area contributed by atoms with Crippen LogP contribution in [0.15, 0.2) is 30.6 Å². The summed E-state index contributed by atoms with van der Waals surface area (Å²) in [7, 11) is 1.85. The molecule has 0 fully saturated rings. The third kappa shape index (κ3) is 5.23. The van der Waals surface area contributed by atoms with Crippen LogP contribution in [0.4, 0.5) is 0 Å². The first kappa shape index (κ1) is 15.0. The fourth-order valence-electron chi connectivity index (χ4n) is 1.79. The van der Waals surface area contributed by atoms with Crippen molar-refractivity contribution in [3.8, 4) is 5.75 Å². The Balaban J connectivity index is 1.69. The first-order valence-electron chi connectivity index (χ1n) is 6.69. The highest BCUT2D eigenvalue weighted by molar-refractivity contribution is 5.75. The first-order valence-corrected chi connectivity index (χ1v) is 6.69. The SMILES string of the molecule is Cn1cnc(CCNCc2ccc(OCC(N)=O)cc2)n1. The van der Waals surface area contributed by atoms with Crippen molar-refractivity contribution in [3.63, 3.8) is 0 Å². The Kier molecular flexibility index (Phi) is 5.28. The van der Waals surface area contributed by atoms with Crippen molar-refractivity contribution in [2.75, 3.05) is 13.2 Å². The molecule has 0 saturated carbocycles. The maximum atomic E-state index is 10.6. The number of nitrogens with one attached hydrogen (secondary N) is 1. The summed E-state index contributed by atoms with van der Waals surface area (Å²) >= 11 is 0. The third-order valence-electron chi connectivity index (χ3n) is 2.81. The van der Waals surface area contributed by atoms with Crippen LogP contribution in [0.2, 0.25) is 0 Å². The van der Waals surface area contributed by atoms with E-state index in [1.54, 1.807) is 11.0 Å². The van der Waals surface area contributed by atoms with Crippen molar-refractivity contribution >= 4 is 5.91 Å². The average Bonchev–Trinajstić information content (AvgIpc) is 2.88. The second-order valence-electron chi connectivity index (χ2n) is 4.66. The molecule has 7 heteroatoms. The number of ether oxygens (including phenoxy) is 1. The quantitative estimate of drug-likeness (QED) is 0.668. The van der Waals surface area contributed by atoms with E-state index < -0.39 is 5.91 Å². The fourth-order valence-corrected chi connectivity index (χ4v) is 1.79. The van der Waals surface area contributed by atoms with Crippen LogP contribution in [0.25, 0.3) is 0 Å².